The molecular formula is C44H40N2. The normalized spacial score (nSPS) is 13.0. The lowest BCUT2D eigenvalue weighted by Gasteiger charge is -2.28. The summed E-state index contributed by atoms with van der Waals surface area (Å²) in [5, 5.41) is 0. The van der Waals surface area contributed by atoms with Gasteiger partial charge in [0.1, 0.15) is 0 Å². The number of benzene rings is 5. The molecule has 0 saturated heterocycles. The fourth-order valence-electron chi connectivity index (χ4n) is 5.89. The summed E-state index contributed by atoms with van der Waals surface area (Å²) < 4.78 is 0. The summed E-state index contributed by atoms with van der Waals surface area (Å²) in [4.78, 5) is 4.61. The third kappa shape index (κ3) is 6.87. The number of hydrogen-bond acceptors (Lipinski definition) is 2. The Kier molecular flexibility index (Phi) is 9.56. The van der Waals surface area contributed by atoms with Gasteiger partial charge in [-0.15, -0.1) is 0 Å². The molecule has 5 aromatic carbocycles. The maximum absolute atomic E-state index is 3.96. The van der Waals surface area contributed by atoms with E-state index in [1.54, 1.807) is 0 Å². The predicted molar refractivity (Wildman–Crippen MR) is 199 cm³/mol. The first-order valence-electron chi connectivity index (χ1n) is 16.0. The van der Waals surface area contributed by atoms with Crippen LogP contribution in [0.5, 0.6) is 0 Å². The second-order valence-corrected chi connectivity index (χ2v) is 11.4. The lowest BCUT2D eigenvalue weighted by Crippen LogP contribution is -2.20. The number of rotatable bonds is 10. The fraction of sp³-hybridized carbons (Fsp3) is 0.0909. The second-order valence-electron chi connectivity index (χ2n) is 11.4. The van der Waals surface area contributed by atoms with Gasteiger partial charge in [-0.25, -0.2) is 0 Å². The molecule has 0 heterocycles. The Morgan fingerprint density at radius 2 is 1.11 bits per heavy atom. The van der Waals surface area contributed by atoms with Gasteiger partial charge < -0.3 is 9.80 Å². The van der Waals surface area contributed by atoms with Crippen molar-refractivity contribution in [3.63, 3.8) is 0 Å². The Hall–Kier alpha value is -5.60. The second kappa shape index (κ2) is 14.5. The van der Waals surface area contributed by atoms with E-state index >= 15 is 0 Å². The molecule has 0 bridgehead atoms. The van der Waals surface area contributed by atoms with Gasteiger partial charge in [0.15, 0.2) is 0 Å². The molecule has 2 heteroatoms. The summed E-state index contributed by atoms with van der Waals surface area (Å²) in [5.41, 5.74) is 12.8. The number of nitrogens with zero attached hydrogens (tertiary/aromatic N) is 2. The van der Waals surface area contributed by atoms with Crippen molar-refractivity contribution < 1.29 is 0 Å². The Morgan fingerprint density at radius 1 is 0.609 bits per heavy atom. The Balaban J connectivity index is 1.29. The summed E-state index contributed by atoms with van der Waals surface area (Å²) in [7, 11) is 0. The third-order valence-electron chi connectivity index (χ3n) is 8.23. The predicted octanol–water partition coefficient (Wildman–Crippen LogP) is 12.5. The molecule has 6 rings (SSSR count). The van der Waals surface area contributed by atoms with Crippen molar-refractivity contribution in [3.05, 3.63) is 193 Å². The molecular weight excluding hydrogens is 556 g/mol. The lowest BCUT2D eigenvalue weighted by molar-refractivity contribution is 0.986. The van der Waals surface area contributed by atoms with Gasteiger partial charge in [-0.05, 0) is 116 Å². The van der Waals surface area contributed by atoms with Crippen molar-refractivity contribution in [2.24, 2.45) is 0 Å². The van der Waals surface area contributed by atoms with Crippen LogP contribution in [0.3, 0.4) is 0 Å². The number of allylic oxidation sites excluding steroid dienone is 7. The maximum atomic E-state index is 3.96. The SMILES string of the molecule is C=C/C=C(\C=C/C)N(C1=CCCC=C1)c1ccc(-c2ccc(N(c3ccccc3)c3ccc(-c4ccc(C)cc4)cc3)cc2)cc1. The zero-order valence-corrected chi connectivity index (χ0v) is 26.7. The van der Waals surface area contributed by atoms with Crippen molar-refractivity contribution in [1.82, 2.24) is 0 Å². The van der Waals surface area contributed by atoms with Gasteiger partial charge >= 0.3 is 0 Å². The van der Waals surface area contributed by atoms with E-state index in [0.717, 1.165) is 41.3 Å². The quantitative estimate of drug-likeness (QED) is 0.148. The minimum absolute atomic E-state index is 1.04. The van der Waals surface area contributed by atoms with Gasteiger partial charge in [-0.1, -0.05) is 115 Å². The molecule has 0 fully saturated rings. The Morgan fingerprint density at radius 3 is 1.59 bits per heavy atom. The van der Waals surface area contributed by atoms with Crippen molar-refractivity contribution in [3.8, 4) is 22.3 Å². The van der Waals surface area contributed by atoms with E-state index < -0.39 is 0 Å². The van der Waals surface area contributed by atoms with Crippen molar-refractivity contribution >= 4 is 22.7 Å². The van der Waals surface area contributed by atoms with E-state index in [4.69, 9.17) is 0 Å². The molecule has 0 unspecified atom stereocenters. The van der Waals surface area contributed by atoms with Crippen molar-refractivity contribution in [1.29, 1.82) is 0 Å². The van der Waals surface area contributed by atoms with Crippen LogP contribution in [0.2, 0.25) is 0 Å². The highest BCUT2D eigenvalue weighted by atomic mass is 15.2. The highest BCUT2D eigenvalue weighted by Crippen LogP contribution is 2.37. The van der Waals surface area contributed by atoms with Gasteiger partial charge in [0.25, 0.3) is 0 Å². The van der Waals surface area contributed by atoms with E-state index in [-0.39, 0.29) is 0 Å². The molecule has 2 nitrogen and oxygen atoms in total. The first kappa shape index (κ1) is 30.4. The molecule has 0 aliphatic heterocycles. The summed E-state index contributed by atoms with van der Waals surface area (Å²) >= 11 is 0. The summed E-state index contributed by atoms with van der Waals surface area (Å²) in [6, 6.07) is 45.8. The topological polar surface area (TPSA) is 6.48 Å². The number of hydrogen-bond donors (Lipinski definition) is 0. The molecule has 5 aromatic rings. The first-order valence-corrected chi connectivity index (χ1v) is 16.0. The van der Waals surface area contributed by atoms with E-state index in [9.17, 15) is 0 Å². The van der Waals surface area contributed by atoms with Gasteiger partial charge in [-0.2, -0.15) is 0 Å². The van der Waals surface area contributed by atoms with E-state index in [0.29, 0.717) is 0 Å². The van der Waals surface area contributed by atoms with E-state index in [1.807, 2.05) is 13.0 Å². The molecule has 0 saturated carbocycles. The van der Waals surface area contributed by atoms with Crippen molar-refractivity contribution in [2.45, 2.75) is 26.7 Å². The van der Waals surface area contributed by atoms with Crippen LogP contribution in [0.1, 0.15) is 25.3 Å². The smallest absolute Gasteiger partial charge is 0.0462 e. The fourth-order valence-corrected chi connectivity index (χ4v) is 5.89. The van der Waals surface area contributed by atoms with Crippen LogP contribution in [-0.4, -0.2) is 0 Å². The van der Waals surface area contributed by atoms with Crippen LogP contribution in [-0.2, 0) is 0 Å². The van der Waals surface area contributed by atoms with E-state index in [1.165, 1.54) is 33.5 Å². The molecule has 46 heavy (non-hydrogen) atoms. The van der Waals surface area contributed by atoms with E-state index in [2.05, 4.69) is 187 Å². The van der Waals surface area contributed by atoms with Gasteiger partial charge in [0.05, 0.1) is 0 Å². The highest BCUT2D eigenvalue weighted by Gasteiger charge is 2.16. The molecule has 1 aliphatic rings. The highest BCUT2D eigenvalue weighted by molar-refractivity contribution is 5.80. The molecule has 1 aliphatic carbocycles. The average Bonchev–Trinajstić information content (AvgIpc) is 3.11. The molecule has 226 valence electrons. The van der Waals surface area contributed by atoms with Crippen LogP contribution in [0.15, 0.2) is 188 Å². The minimum atomic E-state index is 1.04. The molecule has 0 radical (unpaired) electrons. The first-order chi connectivity index (χ1) is 22.6. The van der Waals surface area contributed by atoms with Crippen LogP contribution in [0.4, 0.5) is 22.7 Å². The van der Waals surface area contributed by atoms with Crippen LogP contribution < -0.4 is 9.80 Å². The minimum Gasteiger partial charge on any atom is -0.311 e. The largest absolute Gasteiger partial charge is 0.311 e. The summed E-state index contributed by atoms with van der Waals surface area (Å²) in [6.07, 6.45) is 17.0. The number of aryl methyl sites for hydroxylation is 1. The van der Waals surface area contributed by atoms with Gasteiger partial charge in [0.2, 0.25) is 0 Å². The molecule has 0 N–H and O–H groups in total. The molecule has 0 atom stereocenters. The zero-order chi connectivity index (χ0) is 31.7. The number of para-hydroxylation sites is 1. The zero-order valence-electron chi connectivity index (χ0n) is 26.7. The molecule has 0 spiro atoms. The number of anilines is 4. The standard InChI is InChI=1S/C44H40N2/c1-4-12-39(13-5-2)45(40-14-8-6-9-15-40)42-28-24-37(25-29-42)38-26-32-44(33-27-38)46(41-16-10-7-11-17-41)43-30-22-36(23-31-43)35-20-18-34(3)19-21-35/h4-5,7-8,10-33H,1,6,9H2,2-3H3/b13-5-,39-12+. The monoisotopic (exact) mass is 596 g/mol. The summed E-state index contributed by atoms with van der Waals surface area (Å²) in [6.45, 7) is 8.13. The maximum Gasteiger partial charge on any atom is 0.0462 e. The molecule has 0 amide bonds. The van der Waals surface area contributed by atoms with Gasteiger partial charge in [0, 0.05) is 34.1 Å². The third-order valence-corrected chi connectivity index (χ3v) is 8.23. The average molecular weight is 597 g/mol. The van der Waals surface area contributed by atoms with Gasteiger partial charge in [-0.3, -0.25) is 0 Å². The Bertz CT molecular complexity index is 1870. The van der Waals surface area contributed by atoms with Crippen LogP contribution in [0, 0.1) is 6.92 Å². The lowest BCUT2D eigenvalue weighted by atomic mass is 10.0. The summed E-state index contributed by atoms with van der Waals surface area (Å²) in [5.74, 6) is 0. The van der Waals surface area contributed by atoms with Crippen LogP contribution in [0.25, 0.3) is 22.3 Å². The molecule has 0 aromatic heterocycles. The van der Waals surface area contributed by atoms with Crippen LogP contribution >= 0.6 is 0 Å². The Labute approximate surface area is 274 Å². The van der Waals surface area contributed by atoms with Crippen molar-refractivity contribution in [2.75, 3.05) is 9.80 Å².